The molecule has 5 nitrogen and oxygen atoms in total. The van der Waals surface area contributed by atoms with Crippen molar-refractivity contribution in [3.8, 4) is 0 Å². The summed E-state index contributed by atoms with van der Waals surface area (Å²) < 4.78 is 13.2. The number of nitrogens with zero attached hydrogens (tertiary/aromatic N) is 2. The lowest BCUT2D eigenvalue weighted by molar-refractivity contribution is -0.387. The summed E-state index contributed by atoms with van der Waals surface area (Å²) in [5, 5.41) is 13.8. The summed E-state index contributed by atoms with van der Waals surface area (Å²) in [4.78, 5) is 12.2. The molecular formula is C13H18FN3O2. The first-order valence-corrected chi connectivity index (χ1v) is 6.46. The second kappa shape index (κ2) is 5.97. The average molecular weight is 267 g/mol. The molecule has 1 aromatic rings. The van der Waals surface area contributed by atoms with Gasteiger partial charge in [-0.3, -0.25) is 10.1 Å². The van der Waals surface area contributed by atoms with Gasteiger partial charge in [-0.2, -0.15) is 4.39 Å². The van der Waals surface area contributed by atoms with E-state index < -0.39 is 16.4 Å². The third kappa shape index (κ3) is 3.41. The lowest BCUT2D eigenvalue weighted by Crippen LogP contribution is -2.40. The molecule has 0 amide bonds. The van der Waals surface area contributed by atoms with E-state index in [1.165, 1.54) is 25.0 Å². The highest BCUT2D eigenvalue weighted by Crippen LogP contribution is 2.22. The summed E-state index contributed by atoms with van der Waals surface area (Å²) in [6, 6.07) is 4.34. The van der Waals surface area contributed by atoms with Crippen LogP contribution in [0.15, 0.2) is 18.2 Å². The first-order valence-electron chi connectivity index (χ1n) is 6.46. The fraction of sp³-hybridized carbons (Fsp3) is 0.538. The molecule has 19 heavy (non-hydrogen) atoms. The molecular weight excluding hydrogens is 249 g/mol. The highest BCUT2D eigenvalue weighted by Gasteiger charge is 2.19. The summed E-state index contributed by atoms with van der Waals surface area (Å²) in [6.07, 6.45) is 3.54. The lowest BCUT2D eigenvalue weighted by Gasteiger charge is -2.32. The molecule has 1 atom stereocenters. The second-order valence-corrected chi connectivity index (χ2v) is 4.93. The van der Waals surface area contributed by atoms with E-state index in [0.29, 0.717) is 11.7 Å². The van der Waals surface area contributed by atoms with Crippen LogP contribution in [0.25, 0.3) is 0 Å². The predicted octanol–water partition coefficient (Wildman–Crippen LogP) is 2.63. The van der Waals surface area contributed by atoms with E-state index in [9.17, 15) is 14.5 Å². The number of nitro benzene ring substituents is 1. The quantitative estimate of drug-likeness (QED) is 0.673. The Hall–Kier alpha value is -1.69. The SMILES string of the molecule is CN1CCCCC1CNc1ccc(F)c([N+](=O)[O-])c1. The Labute approximate surface area is 111 Å². The van der Waals surface area contributed by atoms with Gasteiger partial charge in [0, 0.05) is 24.3 Å². The van der Waals surface area contributed by atoms with Crippen LogP contribution < -0.4 is 5.32 Å². The first-order chi connectivity index (χ1) is 9.08. The maximum absolute atomic E-state index is 13.2. The molecule has 1 heterocycles. The van der Waals surface area contributed by atoms with Crippen LogP contribution in [0.1, 0.15) is 19.3 Å². The fourth-order valence-electron chi connectivity index (χ4n) is 2.40. The van der Waals surface area contributed by atoms with Gasteiger partial charge in [0.2, 0.25) is 5.82 Å². The zero-order chi connectivity index (χ0) is 13.8. The summed E-state index contributed by atoms with van der Waals surface area (Å²) in [5.41, 5.74) is 0.106. The number of rotatable bonds is 4. The van der Waals surface area contributed by atoms with Crippen LogP contribution in [0.2, 0.25) is 0 Å². The van der Waals surface area contributed by atoms with Crippen molar-refractivity contribution in [1.29, 1.82) is 0 Å². The van der Waals surface area contributed by atoms with Crippen molar-refractivity contribution in [1.82, 2.24) is 4.90 Å². The smallest absolute Gasteiger partial charge is 0.306 e. The molecule has 0 aliphatic carbocycles. The molecule has 0 spiro atoms. The third-order valence-corrected chi connectivity index (χ3v) is 3.61. The number of benzene rings is 1. The van der Waals surface area contributed by atoms with Gasteiger partial charge in [0.25, 0.3) is 0 Å². The van der Waals surface area contributed by atoms with Gasteiger partial charge in [-0.15, -0.1) is 0 Å². The molecule has 6 heteroatoms. The van der Waals surface area contributed by atoms with Gasteiger partial charge in [-0.25, -0.2) is 0 Å². The minimum atomic E-state index is -0.801. The van der Waals surface area contributed by atoms with Crippen molar-refractivity contribution in [3.63, 3.8) is 0 Å². The van der Waals surface area contributed by atoms with Gasteiger partial charge in [-0.1, -0.05) is 6.42 Å². The zero-order valence-electron chi connectivity index (χ0n) is 10.9. The molecule has 104 valence electrons. The number of hydrogen-bond acceptors (Lipinski definition) is 4. The van der Waals surface area contributed by atoms with E-state index in [1.807, 2.05) is 0 Å². The average Bonchev–Trinajstić information content (AvgIpc) is 2.39. The zero-order valence-corrected chi connectivity index (χ0v) is 10.9. The molecule has 1 saturated heterocycles. The fourth-order valence-corrected chi connectivity index (χ4v) is 2.40. The third-order valence-electron chi connectivity index (χ3n) is 3.61. The summed E-state index contributed by atoms with van der Waals surface area (Å²) in [7, 11) is 2.08. The number of hydrogen-bond donors (Lipinski definition) is 1. The Kier molecular flexibility index (Phi) is 4.31. The van der Waals surface area contributed by atoms with Gasteiger partial charge in [-0.05, 0) is 38.6 Å². The number of anilines is 1. The van der Waals surface area contributed by atoms with Gasteiger partial charge in [0.05, 0.1) is 4.92 Å². The molecule has 1 aromatic carbocycles. The summed E-state index contributed by atoms with van der Waals surface area (Å²) >= 11 is 0. The van der Waals surface area contributed by atoms with E-state index in [4.69, 9.17) is 0 Å². The van der Waals surface area contributed by atoms with Gasteiger partial charge in [0.1, 0.15) is 0 Å². The van der Waals surface area contributed by atoms with E-state index >= 15 is 0 Å². The van der Waals surface area contributed by atoms with Crippen LogP contribution in [0.4, 0.5) is 15.8 Å². The van der Waals surface area contributed by atoms with Crippen LogP contribution in [-0.4, -0.2) is 36.0 Å². The number of halogens is 1. The van der Waals surface area contributed by atoms with Crippen molar-refractivity contribution >= 4 is 11.4 Å². The normalized spacial score (nSPS) is 20.2. The van der Waals surface area contributed by atoms with Gasteiger partial charge in [0.15, 0.2) is 0 Å². The molecule has 1 N–H and O–H groups in total. The van der Waals surface area contributed by atoms with Crippen LogP contribution in [0.3, 0.4) is 0 Å². The van der Waals surface area contributed by atoms with Crippen LogP contribution in [0.5, 0.6) is 0 Å². The van der Waals surface area contributed by atoms with Gasteiger partial charge < -0.3 is 10.2 Å². The van der Waals surface area contributed by atoms with Crippen molar-refractivity contribution in [2.75, 3.05) is 25.5 Å². The van der Waals surface area contributed by atoms with Crippen LogP contribution in [-0.2, 0) is 0 Å². The predicted molar refractivity (Wildman–Crippen MR) is 71.8 cm³/mol. The van der Waals surface area contributed by atoms with E-state index in [1.54, 1.807) is 0 Å². The standard InChI is InChI=1S/C13H18FN3O2/c1-16-7-3-2-4-11(16)9-15-10-5-6-12(14)13(8-10)17(18)19/h5-6,8,11,15H,2-4,7,9H2,1H3. The highest BCUT2D eigenvalue weighted by molar-refractivity contribution is 5.51. The van der Waals surface area contributed by atoms with E-state index in [-0.39, 0.29) is 0 Å². The lowest BCUT2D eigenvalue weighted by atomic mass is 10.0. The summed E-state index contributed by atoms with van der Waals surface area (Å²) in [6.45, 7) is 1.80. The molecule has 1 unspecified atom stereocenters. The van der Waals surface area contributed by atoms with Crippen molar-refractivity contribution < 1.29 is 9.31 Å². The molecule has 0 saturated carbocycles. The minimum Gasteiger partial charge on any atom is -0.383 e. The van der Waals surface area contributed by atoms with E-state index in [0.717, 1.165) is 25.6 Å². The molecule has 1 aliphatic heterocycles. The highest BCUT2D eigenvalue weighted by atomic mass is 19.1. The molecule has 0 bridgehead atoms. The number of nitrogens with one attached hydrogen (secondary N) is 1. The Bertz CT molecular complexity index is 467. The topological polar surface area (TPSA) is 58.4 Å². The Balaban J connectivity index is 1.99. The largest absolute Gasteiger partial charge is 0.383 e. The maximum atomic E-state index is 13.2. The van der Waals surface area contributed by atoms with Crippen molar-refractivity contribution in [2.24, 2.45) is 0 Å². The van der Waals surface area contributed by atoms with Crippen molar-refractivity contribution in [2.45, 2.75) is 25.3 Å². The second-order valence-electron chi connectivity index (χ2n) is 4.93. The number of piperidine rings is 1. The minimum absolute atomic E-state index is 0.429. The molecule has 1 aliphatic rings. The van der Waals surface area contributed by atoms with Gasteiger partial charge >= 0.3 is 5.69 Å². The van der Waals surface area contributed by atoms with Crippen LogP contribution >= 0.6 is 0 Å². The van der Waals surface area contributed by atoms with Crippen molar-refractivity contribution in [3.05, 3.63) is 34.1 Å². The molecule has 1 fully saturated rings. The Morgan fingerprint density at radius 2 is 2.32 bits per heavy atom. The molecule has 0 aromatic heterocycles. The number of nitro groups is 1. The Morgan fingerprint density at radius 1 is 1.53 bits per heavy atom. The molecule has 0 radical (unpaired) electrons. The first kappa shape index (κ1) is 13.7. The van der Waals surface area contributed by atoms with Crippen LogP contribution in [0, 0.1) is 15.9 Å². The number of likely N-dealkylation sites (N-methyl/N-ethyl adjacent to an activating group) is 1. The monoisotopic (exact) mass is 267 g/mol. The molecule has 2 rings (SSSR count). The Morgan fingerprint density at radius 3 is 3.00 bits per heavy atom. The maximum Gasteiger partial charge on any atom is 0.306 e. The van der Waals surface area contributed by atoms with E-state index in [2.05, 4.69) is 17.3 Å². The number of likely N-dealkylation sites (tertiary alicyclic amines) is 1. The summed E-state index contributed by atoms with van der Waals surface area (Å²) in [5.74, 6) is -0.801.